The van der Waals surface area contributed by atoms with Gasteiger partial charge in [-0.15, -0.1) is 0 Å². The van der Waals surface area contributed by atoms with E-state index in [1.54, 1.807) is 31.4 Å². The molecule has 2 aliphatic rings. The first-order valence-electron chi connectivity index (χ1n) is 16.6. The normalized spacial score (nSPS) is 13.9. The number of pyridine rings is 1. The van der Waals surface area contributed by atoms with Gasteiger partial charge in [-0.25, -0.2) is 19.7 Å². The Bertz CT molecular complexity index is 1880. The van der Waals surface area contributed by atoms with Crippen LogP contribution in [0, 0.1) is 6.92 Å². The molecule has 7 rings (SSSR count). The number of carbonyl (C=O) groups excluding carboxylic acids is 1. The fraction of sp³-hybridized carbons (Fsp3) is 0.297. The van der Waals surface area contributed by atoms with Crippen LogP contribution in [-0.4, -0.2) is 78.0 Å². The molecule has 3 aromatic heterocycles. The fourth-order valence-electron chi connectivity index (χ4n) is 6.09. The van der Waals surface area contributed by atoms with Crippen molar-refractivity contribution in [2.75, 3.05) is 67.1 Å². The number of aromatic nitrogens is 5. The molecule has 1 fully saturated rings. The summed E-state index contributed by atoms with van der Waals surface area (Å²) in [6, 6.07) is 19.4. The van der Waals surface area contributed by atoms with E-state index in [0.29, 0.717) is 81.5 Å². The topological polar surface area (TPSA) is 131 Å². The molecule has 0 saturated carbocycles. The SMILES string of the molecule is COc1ccc(CN(Cc2ccc(OC)cc2)c2ncc(-c3nc(N4CCOCC4)nc4c3CCN4C(=O)Nc3cccnc3C)cn2)cc1. The highest BCUT2D eigenvalue weighted by atomic mass is 16.5. The maximum absolute atomic E-state index is 13.6. The van der Waals surface area contributed by atoms with Crippen molar-refractivity contribution in [3.8, 4) is 22.8 Å². The minimum atomic E-state index is -0.267. The van der Waals surface area contributed by atoms with E-state index in [2.05, 4.69) is 20.1 Å². The van der Waals surface area contributed by atoms with E-state index >= 15 is 0 Å². The van der Waals surface area contributed by atoms with Crippen molar-refractivity contribution in [2.45, 2.75) is 26.4 Å². The van der Waals surface area contributed by atoms with Gasteiger partial charge in [0, 0.05) is 62.4 Å². The quantitative estimate of drug-likeness (QED) is 0.207. The molecule has 256 valence electrons. The second-order valence-electron chi connectivity index (χ2n) is 12.1. The summed E-state index contributed by atoms with van der Waals surface area (Å²) in [5.41, 5.74) is 5.93. The van der Waals surface area contributed by atoms with Gasteiger partial charge < -0.3 is 29.3 Å². The maximum Gasteiger partial charge on any atom is 0.327 e. The largest absolute Gasteiger partial charge is 0.497 e. The van der Waals surface area contributed by atoms with Crippen LogP contribution in [-0.2, 0) is 24.2 Å². The lowest BCUT2D eigenvalue weighted by molar-refractivity contribution is 0.122. The van der Waals surface area contributed by atoms with Gasteiger partial charge in [0.2, 0.25) is 11.9 Å². The Morgan fingerprint density at radius 2 is 1.50 bits per heavy atom. The number of urea groups is 1. The molecular formula is C37H39N9O4. The molecule has 0 unspecified atom stereocenters. The van der Waals surface area contributed by atoms with Gasteiger partial charge in [0.25, 0.3) is 0 Å². The van der Waals surface area contributed by atoms with Crippen LogP contribution in [0.15, 0.2) is 79.3 Å². The minimum Gasteiger partial charge on any atom is -0.497 e. The third-order valence-corrected chi connectivity index (χ3v) is 8.86. The van der Waals surface area contributed by atoms with Gasteiger partial charge in [-0.1, -0.05) is 24.3 Å². The van der Waals surface area contributed by atoms with Gasteiger partial charge in [0.05, 0.1) is 44.5 Å². The van der Waals surface area contributed by atoms with Crippen molar-refractivity contribution in [3.63, 3.8) is 0 Å². The van der Waals surface area contributed by atoms with Crippen LogP contribution in [0.5, 0.6) is 11.5 Å². The van der Waals surface area contributed by atoms with Crippen LogP contribution < -0.4 is 29.5 Å². The van der Waals surface area contributed by atoms with Gasteiger partial charge in [-0.05, 0) is 60.9 Å². The summed E-state index contributed by atoms with van der Waals surface area (Å²) < 4.78 is 16.3. The minimum absolute atomic E-state index is 0.267. The van der Waals surface area contributed by atoms with Crippen molar-refractivity contribution in [2.24, 2.45) is 0 Å². The molecule has 0 radical (unpaired) electrons. The van der Waals surface area contributed by atoms with Crippen LogP contribution in [0.4, 0.5) is 28.2 Å². The summed E-state index contributed by atoms with van der Waals surface area (Å²) in [6.07, 6.45) is 5.92. The molecule has 13 heteroatoms. The molecule has 0 atom stereocenters. The number of hydrogen-bond acceptors (Lipinski definition) is 11. The molecule has 1 N–H and O–H groups in total. The summed E-state index contributed by atoms with van der Waals surface area (Å²) in [7, 11) is 3.32. The number of nitrogens with one attached hydrogen (secondary N) is 1. The van der Waals surface area contributed by atoms with Gasteiger partial charge in [0.15, 0.2) is 0 Å². The zero-order chi connectivity index (χ0) is 34.5. The molecule has 0 bridgehead atoms. The number of amides is 2. The highest BCUT2D eigenvalue weighted by molar-refractivity contribution is 6.03. The van der Waals surface area contributed by atoms with Crippen LogP contribution in [0.25, 0.3) is 11.3 Å². The summed E-state index contributed by atoms with van der Waals surface area (Å²) in [6.45, 7) is 5.96. The summed E-state index contributed by atoms with van der Waals surface area (Å²) in [5, 5.41) is 3.01. The Labute approximate surface area is 290 Å². The highest BCUT2D eigenvalue weighted by Crippen LogP contribution is 2.36. The number of anilines is 4. The molecule has 5 aromatic rings. The van der Waals surface area contributed by atoms with E-state index in [0.717, 1.165) is 39.4 Å². The lowest BCUT2D eigenvalue weighted by atomic mass is 10.1. The van der Waals surface area contributed by atoms with Gasteiger partial charge in [0.1, 0.15) is 17.3 Å². The number of aryl methyl sites for hydroxylation is 1. The Balaban J connectivity index is 1.21. The van der Waals surface area contributed by atoms with Crippen molar-refractivity contribution < 1.29 is 19.0 Å². The van der Waals surface area contributed by atoms with E-state index in [1.807, 2.05) is 73.9 Å². The van der Waals surface area contributed by atoms with Crippen molar-refractivity contribution in [1.82, 2.24) is 24.9 Å². The Morgan fingerprint density at radius 1 is 0.860 bits per heavy atom. The monoisotopic (exact) mass is 673 g/mol. The number of hydrogen-bond donors (Lipinski definition) is 1. The second kappa shape index (κ2) is 14.7. The Kier molecular flexibility index (Phi) is 9.65. The van der Waals surface area contributed by atoms with Crippen LogP contribution in [0.1, 0.15) is 22.4 Å². The molecule has 1 saturated heterocycles. The number of methoxy groups -OCH3 is 2. The number of fused-ring (bicyclic) bond motifs is 1. The standard InChI is InChI=1S/C37H39N9O4/c1-25-32(5-4-15-38-25)41-37(47)46-16-14-31-33(42-36(43-34(31)46)44-17-19-50-20-18-44)28-21-39-35(40-22-28)45(23-26-6-10-29(48-2)11-7-26)24-27-8-12-30(49-3)13-9-27/h4-13,15,21-22H,14,16-20,23-24H2,1-3H3,(H,41,47). The molecule has 2 aromatic carbocycles. The number of rotatable bonds is 10. The lowest BCUT2D eigenvalue weighted by Crippen LogP contribution is -2.38. The van der Waals surface area contributed by atoms with Crippen molar-refractivity contribution in [1.29, 1.82) is 0 Å². The second-order valence-corrected chi connectivity index (χ2v) is 12.1. The molecular weight excluding hydrogens is 634 g/mol. The summed E-state index contributed by atoms with van der Waals surface area (Å²) in [5.74, 6) is 3.30. The maximum atomic E-state index is 13.6. The molecule has 2 aliphatic heterocycles. The predicted molar refractivity (Wildman–Crippen MR) is 191 cm³/mol. The summed E-state index contributed by atoms with van der Waals surface area (Å²) >= 11 is 0. The fourth-order valence-corrected chi connectivity index (χ4v) is 6.09. The number of nitrogens with zero attached hydrogens (tertiary/aromatic N) is 8. The third-order valence-electron chi connectivity index (χ3n) is 8.86. The van der Waals surface area contributed by atoms with E-state index < -0.39 is 0 Å². The summed E-state index contributed by atoms with van der Waals surface area (Å²) in [4.78, 5) is 43.5. The van der Waals surface area contributed by atoms with E-state index in [4.69, 9.17) is 34.1 Å². The average Bonchev–Trinajstić information content (AvgIpc) is 3.60. The first-order valence-corrected chi connectivity index (χ1v) is 16.6. The van der Waals surface area contributed by atoms with Crippen LogP contribution in [0.3, 0.4) is 0 Å². The van der Waals surface area contributed by atoms with Gasteiger partial charge in [-0.3, -0.25) is 9.88 Å². The van der Waals surface area contributed by atoms with Crippen LogP contribution >= 0.6 is 0 Å². The third kappa shape index (κ3) is 7.13. The molecule has 0 aliphatic carbocycles. The number of carbonyl (C=O) groups is 1. The lowest BCUT2D eigenvalue weighted by Gasteiger charge is -2.28. The van der Waals surface area contributed by atoms with E-state index in [9.17, 15) is 4.79 Å². The van der Waals surface area contributed by atoms with Crippen molar-refractivity contribution in [3.05, 3.63) is 102 Å². The highest BCUT2D eigenvalue weighted by Gasteiger charge is 2.32. The van der Waals surface area contributed by atoms with Gasteiger partial charge >= 0.3 is 6.03 Å². The molecule has 5 heterocycles. The first-order chi connectivity index (χ1) is 24.5. The average molecular weight is 674 g/mol. The smallest absolute Gasteiger partial charge is 0.327 e. The molecule has 2 amide bonds. The van der Waals surface area contributed by atoms with E-state index in [-0.39, 0.29) is 6.03 Å². The number of ether oxygens (including phenoxy) is 3. The predicted octanol–water partition coefficient (Wildman–Crippen LogP) is 5.29. The van der Waals surface area contributed by atoms with Gasteiger partial charge in [-0.2, -0.15) is 4.98 Å². The zero-order valence-electron chi connectivity index (χ0n) is 28.4. The molecule has 50 heavy (non-hydrogen) atoms. The van der Waals surface area contributed by atoms with Crippen LogP contribution in [0.2, 0.25) is 0 Å². The van der Waals surface area contributed by atoms with Crippen molar-refractivity contribution >= 4 is 29.4 Å². The number of morpholine rings is 1. The molecule has 0 spiro atoms. The Morgan fingerprint density at radius 3 is 2.10 bits per heavy atom. The molecule has 13 nitrogen and oxygen atoms in total. The van der Waals surface area contributed by atoms with E-state index in [1.165, 1.54) is 0 Å². The Hall–Kier alpha value is -5.82. The first kappa shape index (κ1) is 32.7. The number of benzene rings is 2. The zero-order valence-corrected chi connectivity index (χ0v) is 28.4.